The van der Waals surface area contributed by atoms with Crippen molar-refractivity contribution in [1.82, 2.24) is 13.9 Å². The Morgan fingerprint density at radius 1 is 1.20 bits per heavy atom. The molecule has 0 aromatic rings. The predicted octanol–water partition coefficient (Wildman–Crippen LogP) is -0.0242. The van der Waals surface area contributed by atoms with Gasteiger partial charge in [-0.3, -0.25) is 4.90 Å². The molecule has 0 amide bonds. The number of likely N-dealkylation sites (tertiary alicyclic amines) is 1. The van der Waals surface area contributed by atoms with E-state index < -0.39 is 10.2 Å². The van der Waals surface area contributed by atoms with E-state index in [4.69, 9.17) is 5.73 Å². The molecule has 0 aliphatic carbocycles. The summed E-state index contributed by atoms with van der Waals surface area (Å²) in [5, 5.41) is 0. The highest BCUT2D eigenvalue weighted by Gasteiger charge is 2.28. The van der Waals surface area contributed by atoms with Crippen LogP contribution in [0, 0.1) is 5.92 Å². The van der Waals surface area contributed by atoms with Crippen LogP contribution in [0.4, 0.5) is 0 Å². The van der Waals surface area contributed by atoms with E-state index in [1.165, 1.54) is 12.8 Å². The van der Waals surface area contributed by atoms with Crippen molar-refractivity contribution in [3.63, 3.8) is 0 Å². The van der Waals surface area contributed by atoms with E-state index in [0.717, 1.165) is 25.9 Å². The molecule has 2 heterocycles. The van der Waals surface area contributed by atoms with Crippen LogP contribution in [0.5, 0.6) is 0 Å². The lowest BCUT2D eigenvalue weighted by Crippen LogP contribution is -2.49. The lowest BCUT2D eigenvalue weighted by atomic mass is 9.99. The van der Waals surface area contributed by atoms with Crippen molar-refractivity contribution in [3.05, 3.63) is 0 Å². The topological polar surface area (TPSA) is 78.7 Å². The van der Waals surface area contributed by atoms with Crippen LogP contribution in [0.3, 0.4) is 0 Å². The van der Waals surface area contributed by atoms with Crippen LogP contribution >= 0.6 is 0 Å². The van der Waals surface area contributed by atoms with E-state index in [-0.39, 0.29) is 6.04 Å². The lowest BCUT2D eigenvalue weighted by Gasteiger charge is -2.31. The molecule has 6 nitrogen and oxygen atoms in total. The van der Waals surface area contributed by atoms with Crippen molar-refractivity contribution in [2.24, 2.45) is 11.7 Å². The Balaban J connectivity index is 1.78. The summed E-state index contributed by atoms with van der Waals surface area (Å²) in [5.74, 6) is 0.477. The van der Waals surface area contributed by atoms with Gasteiger partial charge in [-0.15, -0.1) is 0 Å². The van der Waals surface area contributed by atoms with E-state index in [2.05, 4.69) is 16.5 Å². The smallest absolute Gasteiger partial charge is 0.279 e. The first-order valence-corrected chi connectivity index (χ1v) is 9.16. The maximum absolute atomic E-state index is 12.3. The van der Waals surface area contributed by atoms with E-state index in [0.29, 0.717) is 32.1 Å². The third kappa shape index (κ3) is 4.14. The number of hydrogen-bond donors (Lipinski definition) is 2. The maximum atomic E-state index is 12.3. The molecule has 0 spiro atoms. The molecule has 2 fully saturated rings. The van der Waals surface area contributed by atoms with E-state index in [9.17, 15) is 8.42 Å². The van der Waals surface area contributed by atoms with E-state index in [1.54, 1.807) is 4.31 Å². The van der Waals surface area contributed by atoms with Gasteiger partial charge in [-0.2, -0.15) is 12.7 Å². The van der Waals surface area contributed by atoms with Crippen molar-refractivity contribution >= 4 is 10.2 Å². The molecule has 2 rings (SSSR count). The van der Waals surface area contributed by atoms with Crippen LogP contribution in [0.25, 0.3) is 0 Å². The Bertz CT molecular complexity index is 387. The van der Waals surface area contributed by atoms with E-state index >= 15 is 0 Å². The molecule has 2 saturated heterocycles. The van der Waals surface area contributed by atoms with Gasteiger partial charge in [-0.1, -0.05) is 0 Å². The summed E-state index contributed by atoms with van der Waals surface area (Å²) in [6, 6.07) is 0.272. The Labute approximate surface area is 122 Å². The van der Waals surface area contributed by atoms with Crippen LogP contribution in [0.2, 0.25) is 0 Å². The van der Waals surface area contributed by atoms with Crippen molar-refractivity contribution in [1.29, 1.82) is 0 Å². The van der Waals surface area contributed by atoms with Gasteiger partial charge in [0, 0.05) is 25.7 Å². The highest BCUT2D eigenvalue weighted by molar-refractivity contribution is 7.87. The third-order valence-corrected chi connectivity index (χ3v) is 6.15. The second-order valence-corrected chi connectivity index (χ2v) is 7.78. The van der Waals surface area contributed by atoms with Crippen LogP contribution in [-0.2, 0) is 10.2 Å². The number of nitrogens with one attached hydrogen (secondary N) is 1. The first-order chi connectivity index (χ1) is 9.53. The molecule has 1 atom stereocenters. The fourth-order valence-electron chi connectivity index (χ4n) is 3.01. The molecule has 0 bridgehead atoms. The third-order valence-electron chi connectivity index (χ3n) is 4.57. The second-order valence-electron chi connectivity index (χ2n) is 6.02. The van der Waals surface area contributed by atoms with Gasteiger partial charge in [0.1, 0.15) is 0 Å². The first kappa shape index (κ1) is 16.2. The van der Waals surface area contributed by atoms with Crippen molar-refractivity contribution in [3.8, 4) is 0 Å². The summed E-state index contributed by atoms with van der Waals surface area (Å²) < 4.78 is 28.9. The molecule has 3 N–H and O–H groups in total. The Hall–Kier alpha value is -0.210. The van der Waals surface area contributed by atoms with Gasteiger partial charge in [0.05, 0.1) is 0 Å². The van der Waals surface area contributed by atoms with Crippen LogP contribution in [0.1, 0.15) is 32.6 Å². The van der Waals surface area contributed by atoms with Crippen molar-refractivity contribution in [2.45, 2.75) is 38.6 Å². The number of nitrogens with zero attached hydrogens (tertiary/aromatic N) is 2. The molecular weight excluding hydrogens is 276 g/mol. The lowest BCUT2D eigenvalue weighted by molar-refractivity contribution is 0.252. The van der Waals surface area contributed by atoms with Gasteiger partial charge in [0.15, 0.2) is 0 Å². The molecule has 7 heteroatoms. The number of rotatable bonds is 6. The van der Waals surface area contributed by atoms with Crippen LogP contribution < -0.4 is 10.5 Å². The molecule has 0 saturated carbocycles. The molecule has 0 aromatic carbocycles. The molecule has 2 aliphatic rings. The summed E-state index contributed by atoms with van der Waals surface area (Å²) in [4.78, 5) is 2.35. The zero-order valence-electron chi connectivity index (χ0n) is 12.4. The van der Waals surface area contributed by atoms with Gasteiger partial charge in [0.2, 0.25) is 0 Å². The SMILES string of the molecule is CC(CNS(=O)(=O)N1CCC(CN)CC1)N1CCCC1. The van der Waals surface area contributed by atoms with Crippen LogP contribution in [0.15, 0.2) is 0 Å². The number of nitrogens with two attached hydrogens (primary N) is 1. The summed E-state index contributed by atoms with van der Waals surface area (Å²) in [6.45, 7) is 6.61. The van der Waals surface area contributed by atoms with Crippen molar-refractivity contribution < 1.29 is 8.42 Å². The fraction of sp³-hybridized carbons (Fsp3) is 1.00. The molecule has 2 aliphatic heterocycles. The summed E-state index contributed by atoms with van der Waals surface area (Å²) in [6.07, 6.45) is 4.20. The minimum absolute atomic E-state index is 0.272. The minimum Gasteiger partial charge on any atom is -0.330 e. The number of hydrogen-bond acceptors (Lipinski definition) is 4. The Morgan fingerprint density at radius 2 is 1.80 bits per heavy atom. The Morgan fingerprint density at radius 3 is 2.35 bits per heavy atom. The maximum Gasteiger partial charge on any atom is 0.279 e. The second kappa shape index (κ2) is 7.17. The Kier molecular flexibility index (Phi) is 5.80. The van der Waals surface area contributed by atoms with Gasteiger partial charge in [-0.25, -0.2) is 4.72 Å². The average Bonchev–Trinajstić information content (AvgIpc) is 2.99. The molecular formula is C13H28N4O2S. The minimum atomic E-state index is -3.32. The highest BCUT2D eigenvalue weighted by Crippen LogP contribution is 2.18. The van der Waals surface area contributed by atoms with E-state index in [1.807, 2.05) is 0 Å². The predicted molar refractivity (Wildman–Crippen MR) is 80.5 cm³/mol. The molecule has 20 heavy (non-hydrogen) atoms. The standard InChI is InChI=1S/C13H28N4O2S/c1-12(16-6-2-3-7-16)11-15-20(18,19)17-8-4-13(10-14)5-9-17/h12-13,15H,2-11,14H2,1H3. The first-order valence-electron chi connectivity index (χ1n) is 7.72. The summed E-state index contributed by atoms with van der Waals surface area (Å²) in [7, 11) is -3.32. The summed E-state index contributed by atoms with van der Waals surface area (Å²) >= 11 is 0. The summed E-state index contributed by atoms with van der Waals surface area (Å²) in [5.41, 5.74) is 5.64. The molecule has 0 aromatic heterocycles. The monoisotopic (exact) mass is 304 g/mol. The highest BCUT2D eigenvalue weighted by atomic mass is 32.2. The molecule has 118 valence electrons. The molecule has 0 radical (unpaired) electrons. The van der Waals surface area contributed by atoms with Crippen molar-refractivity contribution in [2.75, 3.05) is 39.3 Å². The fourth-order valence-corrected chi connectivity index (χ4v) is 4.34. The van der Waals surface area contributed by atoms with Gasteiger partial charge in [-0.05, 0) is 58.2 Å². The normalized spacial score (nSPS) is 25.1. The largest absolute Gasteiger partial charge is 0.330 e. The van der Waals surface area contributed by atoms with Gasteiger partial charge >= 0.3 is 0 Å². The zero-order valence-corrected chi connectivity index (χ0v) is 13.2. The quantitative estimate of drug-likeness (QED) is 0.723. The van der Waals surface area contributed by atoms with Gasteiger partial charge < -0.3 is 5.73 Å². The zero-order chi connectivity index (χ0) is 14.6. The number of piperidine rings is 1. The average molecular weight is 304 g/mol. The van der Waals surface area contributed by atoms with Crippen LogP contribution in [-0.4, -0.2) is 62.9 Å². The molecule has 1 unspecified atom stereocenters. The van der Waals surface area contributed by atoms with Gasteiger partial charge in [0.25, 0.3) is 10.2 Å².